The van der Waals surface area contributed by atoms with E-state index in [4.69, 9.17) is 4.43 Å². The molecule has 0 aliphatic carbocycles. The van der Waals surface area contributed by atoms with Gasteiger partial charge >= 0.3 is 0 Å². The molecular weight excluding hydrogens is 330 g/mol. The first-order chi connectivity index (χ1) is 10.1. The number of aliphatic hydroxyl groups excluding tert-OH is 1. The van der Waals surface area contributed by atoms with Gasteiger partial charge in [0.1, 0.15) is 0 Å². The van der Waals surface area contributed by atoms with Gasteiger partial charge in [0, 0.05) is 30.6 Å². The van der Waals surface area contributed by atoms with Gasteiger partial charge < -0.3 is 9.53 Å². The minimum Gasteiger partial charge on any atom is -0.410 e. The van der Waals surface area contributed by atoms with Crippen LogP contribution < -0.4 is 0 Å². The van der Waals surface area contributed by atoms with Crippen molar-refractivity contribution < 1.29 is 9.53 Å². The van der Waals surface area contributed by atoms with Crippen molar-refractivity contribution in [1.82, 2.24) is 4.90 Å². The average Bonchev–Trinajstić information content (AvgIpc) is 2.96. The summed E-state index contributed by atoms with van der Waals surface area (Å²) in [6.45, 7) is 13.4. The first kappa shape index (κ1) is 17.6. The Morgan fingerprint density at radius 2 is 1.86 bits per heavy atom. The molecule has 3 aliphatic heterocycles. The van der Waals surface area contributed by atoms with E-state index in [1.54, 1.807) is 0 Å². The lowest BCUT2D eigenvalue weighted by Crippen LogP contribution is -2.48. The predicted molar refractivity (Wildman–Crippen MR) is 100 cm³/mol. The molecule has 3 aliphatic rings. The smallest absolute Gasteiger partial charge is 0.192 e. The Hall–Kier alpha value is 0.797. The number of thioether (sulfide) groups is 2. The molecule has 0 aromatic carbocycles. The molecule has 1 spiro atoms. The molecule has 0 aromatic rings. The molecule has 128 valence electrons. The molecule has 1 N–H and O–H groups in total. The second-order valence-electron chi connectivity index (χ2n) is 8.53. The van der Waals surface area contributed by atoms with Gasteiger partial charge in [0.05, 0.1) is 16.3 Å². The molecule has 3 nitrogen and oxygen atoms in total. The van der Waals surface area contributed by atoms with Crippen LogP contribution in [0.25, 0.3) is 0 Å². The monoisotopic (exact) mass is 361 g/mol. The number of piperidine rings is 1. The zero-order valence-corrected chi connectivity index (χ0v) is 17.2. The quantitative estimate of drug-likeness (QED) is 0.762. The highest BCUT2D eigenvalue weighted by atomic mass is 32.2. The van der Waals surface area contributed by atoms with Crippen LogP contribution in [0.3, 0.4) is 0 Å². The zero-order chi connectivity index (χ0) is 16.2. The topological polar surface area (TPSA) is 32.7 Å². The van der Waals surface area contributed by atoms with E-state index in [9.17, 15) is 5.11 Å². The fourth-order valence-corrected chi connectivity index (χ4v) is 8.22. The number of hydrogen-bond acceptors (Lipinski definition) is 5. The number of rotatable bonds is 2. The minimum absolute atomic E-state index is 0.0115. The molecule has 3 saturated heterocycles. The van der Waals surface area contributed by atoms with Crippen molar-refractivity contribution in [2.75, 3.05) is 24.6 Å². The molecule has 3 fully saturated rings. The van der Waals surface area contributed by atoms with Crippen molar-refractivity contribution in [3.8, 4) is 0 Å². The fraction of sp³-hybridized carbons (Fsp3) is 1.00. The van der Waals surface area contributed by atoms with Crippen molar-refractivity contribution in [3.63, 3.8) is 0 Å². The molecule has 22 heavy (non-hydrogen) atoms. The molecular formula is C16H31NO2S2Si. The Morgan fingerprint density at radius 1 is 1.23 bits per heavy atom. The van der Waals surface area contributed by atoms with E-state index in [2.05, 4.69) is 62.3 Å². The molecule has 0 unspecified atom stereocenters. The van der Waals surface area contributed by atoms with Gasteiger partial charge in [-0.2, -0.15) is 0 Å². The van der Waals surface area contributed by atoms with E-state index in [0.717, 1.165) is 19.5 Å². The third kappa shape index (κ3) is 3.16. The van der Waals surface area contributed by atoms with E-state index in [-0.39, 0.29) is 17.2 Å². The van der Waals surface area contributed by atoms with Gasteiger partial charge in [-0.05, 0) is 31.0 Å². The lowest BCUT2D eigenvalue weighted by molar-refractivity contribution is 0.0368. The Morgan fingerprint density at radius 3 is 2.45 bits per heavy atom. The Bertz CT molecular complexity index is 421. The molecule has 0 aromatic heterocycles. The molecule has 0 amide bonds. The van der Waals surface area contributed by atoms with E-state index >= 15 is 0 Å². The number of nitrogens with zero attached hydrogens (tertiary/aromatic N) is 1. The van der Waals surface area contributed by atoms with Crippen LogP contribution in [0.2, 0.25) is 18.1 Å². The van der Waals surface area contributed by atoms with E-state index < -0.39 is 8.32 Å². The third-order valence-corrected chi connectivity index (χ3v) is 14.1. The summed E-state index contributed by atoms with van der Waals surface area (Å²) in [5, 5.41) is 11.1. The summed E-state index contributed by atoms with van der Waals surface area (Å²) in [5.41, 5.74) is 0. The Kier molecular flexibility index (Phi) is 4.77. The number of aliphatic hydroxyl groups is 1. The average molecular weight is 362 g/mol. The highest BCUT2D eigenvalue weighted by Crippen LogP contribution is 2.53. The van der Waals surface area contributed by atoms with Crippen molar-refractivity contribution in [2.24, 2.45) is 0 Å². The molecule has 0 bridgehead atoms. The summed E-state index contributed by atoms with van der Waals surface area (Å²) < 4.78 is 6.94. The van der Waals surface area contributed by atoms with Gasteiger partial charge in [-0.15, -0.1) is 23.5 Å². The van der Waals surface area contributed by atoms with Gasteiger partial charge in [0.15, 0.2) is 8.32 Å². The molecule has 3 heterocycles. The van der Waals surface area contributed by atoms with Crippen molar-refractivity contribution in [2.45, 2.75) is 74.1 Å². The van der Waals surface area contributed by atoms with Gasteiger partial charge in [0.25, 0.3) is 0 Å². The van der Waals surface area contributed by atoms with Crippen molar-refractivity contribution in [1.29, 1.82) is 0 Å². The van der Waals surface area contributed by atoms with Crippen LogP contribution in [0.1, 0.15) is 33.6 Å². The first-order valence-corrected chi connectivity index (χ1v) is 13.4. The van der Waals surface area contributed by atoms with Crippen LogP contribution in [0.4, 0.5) is 0 Å². The van der Waals surface area contributed by atoms with Crippen LogP contribution >= 0.6 is 23.5 Å². The maximum Gasteiger partial charge on any atom is 0.192 e. The van der Waals surface area contributed by atoms with E-state index in [1.165, 1.54) is 17.9 Å². The maximum absolute atomic E-state index is 10.9. The summed E-state index contributed by atoms with van der Waals surface area (Å²) in [7, 11) is -1.81. The SMILES string of the molecule is CC(C)(C)[Si](C)(C)O[C@@H]1CN2CCC3(C[C@@H]2[C@H]1O)SCCS3. The summed E-state index contributed by atoms with van der Waals surface area (Å²) in [4.78, 5) is 2.49. The lowest BCUT2D eigenvalue weighted by Gasteiger charge is -2.41. The normalized spacial score (nSPS) is 36.0. The molecule has 6 heteroatoms. The van der Waals surface area contributed by atoms with Crippen molar-refractivity contribution in [3.05, 3.63) is 0 Å². The van der Waals surface area contributed by atoms with Crippen LogP contribution in [-0.4, -0.2) is 65.2 Å². The zero-order valence-electron chi connectivity index (χ0n) is 14.6. The molecule has 0 saturated carbocycles. The van der Waals surface area contributed by atoms with Crippen molar-refractivity contribution >= 4 is 31.8 Å². The number of fused-ring (bicyclic) bond motifs is 1. The van der Waals surface area contributed by atoms with Crippen LogP contribution in [0, 0.1) is 0 Å². The van der Waals surface area contributed by atoms with Gasteiger partial charge in [-0.25, -0.2) is 0 Å². The largest absolute Gasteiger partial charge is 0.410 e. The highest BCUT2D eigenvalue weighted by Gasteiger charge is 2.52. The second-order valence-corrected chi connectivity index (χ2v) is 16.5. The first-order valence-electron chi connectivity index (χ1n) is 8.51. The number of hydrogen-bond donors (Lipinski definition) is 1. The molecule has 3 atom stereocenters. The Labute approximate surface area is 145 Å². The van der Waals surface area contributed by atoms with Gasteiger partial charge in [-0.1, -0.05) is 20.8 Å². The summed E-state index contributed by atoms with van der Waals surface area (Å²) in [5.74, 6) is 2.55. The predicted octanol–water partition coefficient (Wildman–Crippen LogP) is 3.39. The van der Waals surface area contributed by atoms with E-state index in [0.29, 0.717) is 10.1 Å². The van der Waals surface area contributed by atoms with Crippen LogP contribution in [-0.2, 0) is 4.43 Å². The Balaban J connectivity index is 1.68. The standard InChI is InChI=1S/C16H31NO2S2Si/c1-15(2,3)22(4,5)19-13-11-17-7-6-16(20-8-9-21-16)10-12(17)14(13)18/h12-14,18H,6-11H2,1-5H3/t12-,13-,14-/m1/s1. The highest BCUT2D eigenvalue weighted by molar-refractivity contribution is 8.21. The third-order valence-electron chi connectivity index (χ3n) is 6.02. The second kappa shape index (κ2) is 5.95. The molecule has 0 radical (unpaired) electrons. The summed E-state index contributed by atoms with van der Waals surface area (Å²) >= 11 is 4.26. The van der Waals surface area contributed by atoms with Gasteiger partial charge in [-0.3, -0.25) is 4.90 Å². The van der Waals surface area contributed by atoms with Crippen LogP contribution in [0.5, 0.6) is 0 Å². The van der Waals surface area contributed by atoms with E-state index in [1.807, 2.05) is 0 Å². The fourth-order valence-electron chi connectivity index (χ4n) is 3.60. The maximum atomic E-state index is 10.9. The summed E-state index contributed by atoms with van der Waals surface area (Å²) in [6.07, 6.45) is 2.09. The van der Waals surface area contributed by atoms with Crippen LogP contribution in [0.15, 0.2) is 0 Å². The van der Waals surface area contributed by atoms with Gasteiger partial charge in [0.2, 0.25) is 0 Å². The summed E-state index contributed by atoms with van der Waals surface area (Å²) in [6, 6.07) is 0.307. The lowest BCUT2D eigenvalue weighted by atomic mass is 9.99. The molecule has 3 rings (SSSR count). The minimum atomic E-state index is -1.81.